The highest BCUT2D eigenvalue weighted by molar-refractivity contribution is 5.79. The lowest BCUT2D eigenvalue weighted by Crippen LogP contribution is -2.49. The lowest BCUT2D eigenvalue weighted by atomic mass is 10.00. The highest BCUT2D eigenvalue weighted by atomic mass is 16.1. The van der Waals surface area contributed by atoms with Crippen molar-refractivity contribution >= 4 is 10.9 Å². The molecule has 1 atom stereocenters. The Morgan fingerprint density at radius 3 is 2.96 bits per heavy atom. The molecule has 27 heavy (non-hydrogen) atoms. The molecular formula is C22H20N4O. The Morgan fingerprint density at radius 2 is 2.07 bits per heavy atom. The Labute approximate surface area is 157 Å². The molecule has 1 fully saturated rings. The van der Waals surface area contributed by atoms with Gasteiger partial charge in [0.15, 0.2) is 0 Å². The van der Waals surface area contributed by atoms with Crippen LogP contribution >= 0.6 is 0 Å². The molecule has 0 radical (unpaired) electrons. The van der Waals surface area contributed by atoms with Crippen LogP contribution in [0.5, 0.6) is 0 Å². The van der Waals surface area contributed by atoms with Crippen LogP contribution in [0.1, 0.15) is 36.3 Å². The van der Waals surface area contributed by atoms with E-state index in [-0.39, 0.29) is 5.56 Å². The molecule has 1 unspecified atom stereocenters. The molecule has 5 rings (SSSR count). The lowest BCUT2D eigenvalue weighted by Gasteiger charge is -2.40. The number of nitrogens with zero attached hydrogens (tertiary/aromatic N) is 4. The fourth-order valence-electron chi connectivity index (χ4n) is 4.09. The Hall–Kier alpha value is -2.97. The summed E-state index contributed by atoms with van der Waals surface area (Å²) < 4.78 is 1.88. The van der Waals surface area contributed by atoms with Gasteiger partial charge in [0.2, 0.25) is 0 Å². The topological polar surface area (TPSA) is 51.0 Å². The number of pyridine rings is 1. The average Bonchev–Trinajstić information content (AvgIpc) is 2.72. The highest BCUT2D eigenvalue weighted by Crippen LogP contribution is 2.25. The summed E-state index contributed by atoms with van der Waals surface area (Å²) >= 11 is 0. The van der Waals surface area contributed by atoms with E-state index in [9.17, 15) is 4.79 Å². The number of benzene rings is 1. The van der Waals surface area contributed by atoms with Crippen molar-refractivity contribution in [3.63, 3.8) is 0 Å². The number of aromatic nitrogens is 3. The zero-order chi connectivity index (χ0) is 18.2. The van der Waals surface area contributed by atoms with Gasteiger partial charge in [0.25, 0.3) is 5.56 Å². The van der Waals surface area contributed by atoms with Gasteiger partial charge in [-0.25, -0.2) is 9.97 Å². The summed E-state index contributed by atoms with van der Waals surface area (Å²) in [6, 6.07) is 11.8. The summed E-state index contributed by atoms with van der Waals surface area (Å²) in [4.78, 5) is 24.5. The third-order valence-electron chi connectivity index (χ3n) is 5.52. The van der Waals surface area contributed by atoms with Crippen molar-refractivity contribution < 1.29 is 0 Å². The van der Waals surface area contributed by atoms with Crippen molar-refractivity contribution in [3.05, 3.63) is 70.0 Å². The molecule has 5 nitrogen and oxygen atoms in total. The van der Waals surface area contributed by atoms with E-state index >= 15 is 0 Å². The van der Waals surface area contributed by atoms with Crippen molar-refractivity contribution in [3.8, 4) is 11.8 Å². The molecule has 1 aromatic carbocycles. The van der Waals surface area contributed by atoms with Gasteiger partial charge in [-0.3, -0.25) is 14.3 Å². The molecule has 0 N–H and O–H groups in total. The van der Waals surface area contributed by atoms with Crippen molar-refractivity contribution in [1.29, 1.82) is 0 Å². The fourth-order valence-corrected chi connectivity index (χ4v) is 4.09. The van der Waals surface area contributed by atoms with Crippen LogP contribution in [0.25, 0.3) is 10.9 Å². The van der Waals surface area contributed by atoms with Crippen LogP contribution in [0.2, 0.25) is 0 Å². The van der Waals surface area contributed by atoms with E-state index in [0.717, 1.165) is 42.2 Å². The standard InChI is InChI=1S/C22H20N4O/c27-22-19-10-8-16(7-9-17-5-1-3-11-23-17)13-20(19)24-21-15-25-12-4-2-6-18(25)14-26(21)22/h1,3,5,8,10-11,13,18H,2,4,6,12,14-15H2. The zero-order valence-corrected chi connectivity index (χ0v) is 15.1. The molecule has 0 amide bonds. The minimum atomic E-state index is 0.0736. The molecule has 0 spiro atoms. The monoisotopic (exact) mass is 356 g/mol. The molecule has 134 valence electrons. The van der Waals surface area contributed by atoms with Crippen LogP contribution < -0.4 is 5.56 Å². The van der Waals surface area contributed by atoms with E-state index < -0.39 is 0 Å². The third kappa shape index (κ3) is 3.02. The molecule has 2 aliphatic heterocycles. The summed E-state index contributed by atoms with van der Waals surface area (Å²) in [6.07, 6.45) is 5.39. The number of piperidine rings is 1. The molecule has 0 aliphatic carbocycles. The zero-order valence-electron chi connectivity index (χ0n) is 15.1. The smallest absolute Gasteiger partial charge is 0.261 e. The number of fused-ring (bicyclic) bond motifs is 3. The molecule has 1 saturated heterocycles. The van der Waals surface area contributed by atoms with Crippen molar-refractivity contribution in [1.82, 2.24) is 19.4 Å². The first-order chi connectivity index (χ1) is 13.3. The molecule has 2 aliphatic rings. The predicted octanol–water partition coefficient (Wildman–Crippen LogP) is 2.56. The second-order valence-corrected chi connectivity index (χ2v) is 7.26. The summed E-state index contributed by atoms with van der Waals surface area (Å²) in [5.74, 6) is 7.06. The number of hydrogen-bond acceptors (Lipinski definition) is 4. The van der Waals surface area contributed by atoms with Crippen molar-refractivity contribution in [2.24, 2.45) is 0 Å². The summed E-state index contributed by atoms with van der Waals surface area (Å²) in [6.45, 7) is 2.63. The van der Waals surface area contributed by atoms with Gasteiger partial charge in [0.05, 0.1) is 17.4 Å². The Bertz CT molecular complexity index is 1120. The normalized spacial score (nSPS) is 19.0. The van der Waals surface area contributed by atoms with E-state index in [1.807, 2.05) is 41.0 Å². The molecule has 5 heteroatoms. The van der Waals surface area contributed by atoms with Gasteiger partial charge in [-0.05, 0) is 55.6 Å². The van der Waals surface area contributed by atoms with Gasteiger partial charge < -0.3 is 0 Å². The predicted molar refractivity (Wildman–Crippen MR) is 104 cm³/mol. The van der Waals surface area contributed by atoms with Crippen LogP contribution in [0.3, 0.4) is 0 Å². The maximum Gasteiger partial charge on any atom is 0.261 e. The van der Waals surface area contributed by atoms with Crippen LogP contribution in [-0.4, -0.2) is 32.0 Å². The Morgan fingerprint density at radius 1 is 1.11 bits per heavy atom. The van der Waals surface area contributed by atoms with E-state index in [0.29, 0.717) is 11.4 Å². The van der Waals surface area contributed by atoms with Crippen molar-refractivity contribution in [2.75, 3.05) is 6.54 Å². The van der Waals surface area contributed by atoms with E-state index in [1.165, 1.54) is 19.3 Å². The second-order valence-electron chi connectivity index (χ2n) is 7.26. The molecule has 4 heterocycles. The first-order valence-electron chi connectivity index (χ1n) is 9.48. The van der Waals surface area contributed by atoms with Gasteiger partial charge in [-0.15, -0.1) is 0 Å². The van der Waals surface area contributed by atoms with E-state index in [1.54, 1.807) is 6.20 Å². The largest absolute Gasteiger partial charge is 0.293 e. The number of hydrogen-bond donors (Lipinski definition) is 0. The van der Waals surface area contributed by atoms with E-state index in [4.69, 9.17) is 4.98 Å². The molecular weight excluding hydrogens is 336 g/mol. The number of rotatable bonds is 0. The summed E-state index contributed by atoms with van der Waals surface area (Å²) in [5, 5.41) is 0.673. The maximum absolute atomic E-state index is 13.0. The fraction of sp³-hybridized carbons (Fsp3) is 0.318. The van der Waals surface area contributed by atoms with Gasteiger partial charge in [-0.2, -0.15) is 0 Å². The van der Waals surface area contributed by atoms with Crippen LogP contribution in [-0.2, 0) is 13.1 Å². The van der Waals surface area contributed by atoms with Crippen LogP contribution in [0, 0.1) is 11.8 Å². The summed E-state index contributed by atoms with van der Waals surface area (Å²) in [7, 11) is 0. The minimum absolute atomic E-state index is 0.0736. The first kappa shape index (κ1) is 16.2. The Balaban J connectivity index is 1.55. The van der Waals surface area contributed by atoms with Gasteiger partial charge in [0.1, 0.15) is 11.5 Å². The van der Waals surface area contributed by atoms with Gasteiger partial charge >= 0.3 is 0 Å². The Kier molecular flexibility index (Phi) is 3.99. The second kappa shape index (κ2) is 6.64. The van der Waals surface area contributed by atoms with Crippen molar-refractivity contribution in [2.45, 2.75) is 38.4 Å². The van der Waals surface area contributed by atoms with E-state index in [2.05, 4.69) is 21.7 Å². The van der Waals surface area contributed by atoms with Gasteiger partial charge in [0, 0.05) is 24.3 Å². The quantitative estimate of drug-likeness (QED) is 0.581. The molecule has 0 saturated carbocycles. The summed E-state index contributed by atoms with van der Waals surface area (Å²) in [5.41, 5.74) is 2.38. The SMILES string of the molecule is O=c1c2ccc(C#Cc3ccccn3)cc2nc2n1CC1CCCCN1C2. The van der Waals surface area contributed by atoms with Crippen LogP contribution in [0.15, 0.2) is 47.4 Å². The minimum Gasteiger partial charge on any atom is -0.293 e. The molecule has 2 aromatic heterocycles. The van der Waals surface area contributed by atoms with Crippen LogP contribution in [0.4, 0.5) is 0 Å². The maximum atomic E-state index is 13.0. The average molecular weight is 356 g/mol. The highest BCUT2D eigenvalue weighted by Gasteiger charge is 2.29. The molecule has 0 bridgehead atoms. The lowest BCUT2D eigenvalue weighted by molar-refractivity contribution is 0.0952. The third-order valence-corrected chi connectivity index (χ3v) is 5.52. The molecule has 3 aromatic rings. The van der Waals surface area contributed by atoms with Gasteiger partial charge in [-0.1, -0.05) is 18.4 Å². The first-order valence-corrected chi connectivity index (χ1v) is 9.48.